The third kappa shape index (κ3) is 3.37. The van der Waals surface area contributed by atoms with Gasteiger partial charge in [-0.25, -0.2) is 4.79 Å². The molecule has 0 saturated carbocycles. The van der Waals surface area contributed by atoms with Crippen molar-refractivity contribution in [3.05, 3.63) is 5.01 Å². The van der Waals surface area contributed by atoms with Crippen molar-refractivity contribution in [1.82, 2.24) is 15.5 Å². The molecule has 2 heterocycles. The molecule has 2 rings (SSSR count). The summed E-state index contributed by atoms with van der Waals surface area (Å²) in [6.45, 7) is 4.57. The maximum absolute atomic E-state index is 11.6. The predicted molar refractivity (Wildman–Crippen MR) is 65.2 cm³/mol. The Balaban J connectivity index is 1.80. The first-order valence-electron chi connectivity index (χ1n) is 5.64. The van der Waals surface area contributed by atoms with Crippen molar-refractivity contribution >= 4 is 22.5 Å². The van der Waals surface area contributed by atoms with Crippen LogP contribution in [0.5, 0.6) is 0 Å². The van der Waals surface area contributed by atoms with E-state index in [-0.39, 0.29) is 18.2 Å². The van der Waals surface area contributed by atoms with Gasteiger partial charge >= 0.3 is 6.03 Å². The molecule has 0 spiro atoms. The Hall–Kier alpha value is -1.21. The quantitative estimate of drug-likeness (QED) is 0.860. The second-order valence-corrected chi connectivity index (χ2v) is 5.25. The zero-order valence-corrected chi connectivity index (χ0v) is 10.7. The van der Waals surface area contributed by atoms with Crippen molar-refractivity contribution in [2.45, 2.75) is 38.8 Å². The number of hydrogen-bond donors (Lipinski definition) is 2. The number of urea groups is 1. The van der Waals surface area contributed by atoms with Crippen LogP contribution in [-0.2, 0) is 4.74 Å². The van der Waals surface area contributed by atoms with Crippen molar-refractivity contribution in [3.63, 3.8) is 0 Å². The Morgan fingerprint density at radius 3 is 3.00 bits per heavy atom. The van der Waals surface area contributed by atoms with Gasteiger partial charge in [0, 0.05) is 6.61 Å². The van der Waals surface area contributed by atoms with E-state index in [1.54, 1.807) is 0 Å². The first-order valence-corrected chi connectivity index (χ1v) is 6.46. The SMILES string of the molecule is Cc1nnc(NC(=O)N[C@@H](C)[C@H]2CCCO2)s1. The van der Waals surface area contributed by atoms with E-state index in [2.05, 4.69) is 20.8 Å². The van der Waals surface area contributed by atoms with E-state index in [9.17, 15) is 4.79 Å². The molecule has 1 saturated heterocycles. The summed E-state index contributed by atoms with van der Waals surface area (Å²) < 4.78 is 5.50. The van der Waals surface area contributed by atoms with Gasteiger partial charge in [-0.15, -0.1) is 10.2 Å². The maximum Gasteiger partial charge on any atom is 0.321 e. The summed E-state index contributed by atoms with van der Waals surface area (Å²) >= 11 is 1.35. The summed E-state index contributed by atoms with van der Waals surface area (Å²) in [6.07, 6.45) is 2.18. The minimum Gasteiger partial charge on any atom is -0.376 e. The zero-order valence-electron chi connectivity index (χ0n) is 9.90. The third-order valence-electron chi connectivity index (χ3n) is 2.63. The highest BCUT2D eigenvalue weighted by Gasteiger charge is 2.23. The second kappa shape index (κ2) is 5.42. The van der Waals surface area contributed by atoms with Gasteiger partial charge in [0.15, 0.2) is 0 Å². The molecule has 0 bridgehead atoms. The van der Waals surface area contributed by atoms with Crippen molar-refractivity contribution in [2.24, 2.45) is 0 Å². The number of aryl methyl sites for hydroxylation is 1. The highest BCUT2D eigenvalue weighted by molar-refractivity contribution is 7.15. The Morgan fingerprint density at radius 2 is 2.41 bits per heavy atom. The van der Waals surface area contributed by atoms with E-state index in [0.717, 1.165) is 24.5 Å². The molecule has 6 nitrogen and oxygen atoms in total. The Morgan fingerprint density at radius 1 is 1.59 bits per heavy atom. The van der Waals surface area contributed by atoms with E-state index in [1.165, 1.54) is 11.3 Å². The number of nitrogens with zero attached hydrogens (tertiary/aromatic N) is 2. The molecular formula is C10H16N4O2S. The molecule has 0 radical (unpaired) electrons. The molecule has 0 aliphatic carbocycles. The Bertz CT molecular complexity index is 389. The van der Waals surface area contributed by atoms with Crippen molar-refractivity contribution < 1.29 is 9.53 Å². The van der Waals surface area contributed by atoms with Gasteiger partial charge in [-0.1, -0.05) is 11.3 Å². The lowest BCUT2D eigenvalue weighted by Gasteiger charge is -2.19. The fraction of sp³-hybridized carbons (Fsp3) is 0.700. The monoisotopic (exact) mass is 256 g/mol. The molecule has 2 N–H and O–H groups in total. The van der Waals surface area contributed by atoms with E-state index < -0.39 is 0 Å². The van der Waals surface area contributed by atoms with E-state index in [1.807, 2.05) is 13.8 Å². The fourth-order valence-corrected chi connectivity index (χ4v) is 2.36. The average molecular weight is 256 g/mol. The maximum atomic E-state index is 11.6. The van der Waals surface area contributed by atoms with Crippen LogP contribution < -0.4 is 10.6 Å². The summed E-state index contributed by atoms with van der Waals surface area (Å²) in [4.78, 5) is 11.6. The molecular weight excluding hydrogens is 240 g/mol. The molecule has 17 heavy (non-hydrogen) atoms. The van der Waals surface area contributed by atoms with Crippen LogP contribution in [-0.4, -0.2) is 35.0 Å². The van der Waals surface area contributed by atoms with Gasteiger partial charge in [0.2, 0.25) is 5.13 Å². The molecule has 1 fully saturated rings. The normalized spacial score (nSPS) is 21.2. The number of hydrogen-bond acceptors (Lipinski definition) is 5. The van der Waals surface area contributed by atoms with E-state index >= 15 is 0 Å². The molecule has 94 valence electrons. The van der Waals surface area contributed by atoms with Crippen molar-refractivity contribution in [1.29, 1.82) is 0 Å². The molecule has 7 heteroatoms. The number of aromatic nitrogens is 2. The molecule has 0 aromatic carbocycles. The van der Waals surface area contributed by atoms with Gasteiger partial charge in [-0.2, -0.15) is 0 Å². The highest BCUT2D eigenvalue weighted by Crippen LogP contribution is 2.16. The Labute approximate surface area is 104 Å². The predicted octanol–water partition coefficient (Wildman–Crippen LogP) is 1.54. The minimum absolute atomic E-state index is 0.00604. The molecule has 2 amide bonds. The van der Waals surface area contributed by atoms with Gasteiger partial charge in [-0.3, -0.25) is 5.32 Å². The number of carbonyl (C=O) groups excluding carboxylic acids is 1. The van der Waals surface area contributed by atoms with Gasteiger partial charge < -0.3 is 10.1 Å². The lowest BCUT2D eigenvalue weighted by Crippen LogP contribution is -2.42. The topological polar surface area (TPSA) is 76.1 Å². The molecule has 1 aromatic rings. The summed E-state index contributed by atoms with van der Waals surface area (Å²) in [5, 5.41) is 14.5. The fourth-order valence-electron chi connectivity index (χ4n) is 1.78. The summed E-state index contributed by atoms with van der Waals surface area (Å²) in [5.41, 5.74) is 0. The highest BCUT2D eigenvalue weighted by atomic mass is 32.1. The van der Waals surface area contributed by atoms with Crippen LogP contribution in [0.25, 0.3) is 0 Å². The molecule has 1 aliphatic rings. The molecule has 1 aliphatic heterocycles. The number of nitrogens with one attached hydrogen (secondary N) is 2. The smallest absolute Gasteiger partial charge is 0.321 e. The molecule has 2 atom stereocenters. The number of ether oxygens (including phenoxy) is 1. The Kier molecular flexibility index (Phi) is 3.90. The van der Waals surface area contributed by atoms with Crippen LogP contribution in [0.4, 0.5) is 9.93 Å². The minimum atomic E-state index is -0.260. The zero-order chi connectivity index (χ0) is 12.3. The number of amides is 2. The number of rotatable bonds is 3. The van der Waals surface area contributed by atoms with Crippen LogP contribution in [0, 0.1) is 6.92 Å². The standard InChI is InChI=1S/C10H16N4O2S/c1-6(8-4-3-5-16-8)11-9(15)12-10-14-13-7(2)17-10/h6,8H,3-5H2,1-2H3,(H2,11,12,14,15)/t6-,8+/m0/s1. The first kappa shape index (κ1) is 12.3. The molecule has 1 aromatic heterocycles. The van der Waals surface area contributed by atoms with Crippen LogP contribution in [0.2, 0.25) is 0 Å². The van der Waals surface area contributed by atoms with Crippen molar-refractivity contribution in [2.75, 3.05) is 11.9 Å². The van der Waals surface area contributed by atoms with Gasteiger partial charge in [0.05, 0.1) is 12.1 Å². The third-order valence-corrected chi connectivity index (χ3v) is 3.38. The lowest BCUT2D eigenvalue weighted by molar-refractivity contribution is 0.0868. The van der Waals surface area contributed by atoms with Crippen molar-refractivity contribution in [3.8, 4) is 0 Å². The van der Waals surface area contributed by atoms with Crippen LogP contribution >= 0.6 is 11.3 Å². The summed E-state index contributed by atoms with van der Waals surface area (Å²) in [5.74, 6) is 0. The first-order chi connectivity index (χ1) is 8.15. The number of carbonyl (C=O) groups is 1. The van der Waals surface area contributed by atoms with Crippen LogP contribution in [0.1, 0.15) is 24.8 Å². The van der Waals surface area contributed by atoms with Gasteiger partial charge in [0.25, 0.3) is 0 Å². The lowest BCUT2D eigenvalue weighted by atomic mass is 10.1. The van der Waals surface area contributed by atoms with E-state index in [4.69, 9.17) is 4.74 Å². The second-order valence-electron chi connectivity index (χ2n) is 4.06. The molecule has 0 unspecified atom stereocenters. The van der Waals surface area contributed by atoms with Crippen LogP contribution in [0.3, 0.4) is 0 Å². The van der Waals surface area contributed by atoms with Gasteiger partial charge in [-0.05, 0) is 26.7 Å². The van der Waals surface area contributed by atoms with E-state index in [0.29, 0.717) is 5.13 Å². The number of anilines is 1. The van der Waals surface area contributed by atoms with Crippen LogP contribution in [0.15, 0.2) is 0 Å². The summed E-state index contributed by atoms with van der Waals surface area (Å²) in [7, 11) is 0. The largest absolute Gasteiger partial charge is 0.376 e. The van der Waals surface area contributed by atoms with Gasteiger partial charge in [0.1, 0.15) is 5.01 Å². The summed E-state index contributed by atoms with van der Waals surface area (Å²) in [6, 6.07) is -0.254. The average Bonchev–Trinajstić information content (AvgIpc) is 2.89.